The summed E-state index contributed by atoms with van der Waals surface area (Å²) in [4.78, 5) is 33.7. The number of hydrogen-bond donors (Lipinski definition) is 1. The third-order valence-corrected chi connectivity index (χ3v) is 8.29. The van der Waals surface area contributed by atoms with Crippen molar-refractivity contribution in [3.05, 3.63) is 72.1 Å². The van der Waals surface area contributed by atoms with E-state index < -0.39 is 17.7 Å². The van der Waals surface area contributed by atoms with E-state index >= 15 is 0 Å². The van der Waals surface area contributed by atoms with Gasteiger partial charge >= 0.3 is 6.09 Å². The number of fused-ring (bicyclic) bond motifs is 2. The molecular formula is C36H46N4O5. The fourth-order valence-electron chi connectivity index (χ4n) is 6.21. The van der Waals surface area contributed by atoms with Crippen LogP contribution in [0.25, 0.3) is 21.8 Å². The zero-order chi connectivity index (χ0) is 32.0. The Morgan fingerprint density at radius 2 is 1.84 bits per heavy atom. The van der Waals surface area contributed by atoms with Gasteiger partial charge in [-0.3, -0.25) is 4.79 Å². The Bertz CT molecular complexity index is 1630. The number of methoxy groups -OCH3 is 2. The van der Waals surface area contributed by atoms with Crippen LogP contribution in [0.2, 0.25) is 0 Å². The van der Waals surface area contributed by atoms with Crippen LogP contribution >= 0.6 is 0 Å². The minimum absolute atomic E-state index is 0.0188. The minimum atomic E-state index is -0.638. The largest absolute Gasteiger partial charge is 0.497 e. The second-order valence-electron chi connectivity index (χ2n) is 12.9. The topological polar surface area (TPSA) is 94.9 Å². The van der Waals surface area contributed by atoms with Crippen LogP contribution in [-0.4, -0.2) is 72.0 Å². The van der Waals surface area contributed by atoms with Crippen LogP contribution in [0.5, 0.6) is 5.75 Å². The van der Waals surface area contributed by atoms with Crippen LogP contribution in [0.3, 0.4) is 0 Å². The summed E-state index contributed by atoms with van der Waals surface area (Å²) in [6, 6.07) is 20.0. The summed E-state index contributed by atoms with van der Waals surface area (Å²) in [5.41, 5.74) is 2.37. The number of nitrogens with one attached hydrogen (secondary N) is 1. The maximum Gasteiger partial charge on any atom is 0.407 e. The Balaban J connectivity index is 1.34. The van der Waals surface area contributed by atoms with Gasteiger partial charge in [0.1, 0.15) is 17.2 Å². The molecule has 9 nitrogen and oxygen atoms in total. The molecule has 0 aliphatic carbocycles. The molecule has 2 unspecified atom stereocenters. The lowest BCUT2D eigenvalue weighted by atomic mass is 9.95. The number of amides is 2. The van der Waals surface area contributed by atoms with Gasteiger partial charge in [0.15, 0.2) is 0 Å². The predicted molar refractivity (Wildman–Crippen MR) is 177 cm³/mol. The van der Waals surface area contributed by atoms with Gasteiger partial charge in [-0.15, -0.1) is 0 Å². The van der Waals surface area contributed by atoms with Crippen LogP contribution in [0.4, 0.5) is 4.79 Å². The number of nitrogens with zero attached hydrogens (tertiary/aromatic N) is 3. The number of aromatic nitrogens is 2. The van der Waals surface area contributed by atoms with E-state index in [-0.39, 0.29) is 18.2 Å². The summed E-state index contributed by atoms with van der Waals surface area (Å²) in [7, 11) is 3.38. The van der Waals surface area contributed by atoms with Gasteiger partial charge in [0.05, 0.1) is 18.1 Å². The van der Waals surface area contributed by atoms with E-state index in [0.717, 1.165) is 64.8 Å². The first kappa shape index (κ1) is 32.3. The standard InChI is InChI=1S/C36H46N4O5/c1-36(2,3)45-35(42)37-29(21-25-13-14-26-10-6-7-11-27(26)20-25)22-33(41)39-17-8-12-28(24-39)34-38-31-16-15-30(44-5)23-32(31)40(34)18-9-19-43-4/h6-7,10-11,13-16,20,23,28-29H,8-9,12,17-19,21-22,24H2,1-5H3,(H,37,42). The van der Waals surface area contributed by atoms with E-state index in [1.807, 2.05) is 56.0 Å². The third-order valence-electron chi connectivity index (χ3n) is 8.29. The Hall–Kier alpha value is -4.11. The molecule has 3 aromatic carbocycles. The zero-order valence-corrected chi connectivity index (χ0v) is 27.2. The Morgan fingerprint density at radius 3 is 2.60 bits per heavy atom. The first-order valence-corrected chi connectivity index (χ1v) is 15.9. The van der Waals surface area contributed by atoms with Crippen molar-refractivity contribution in [2.45, 2.75) is 77.0 Å². The van der Waals surface area contributed by atoms with Crippen molar-refractivity contribution in [2.24, 2.45) is 0 Å². The van der Waals surface area contributed by atoms with Crippen LogP contribution < -0.4 is 10.1 Å². The second-order valence-corrected chi connectivity index (χ2v) is 12.9. The molecule has 0 bridgehead atoms. The molecule has 2 atom stereocenters. The Labute approximate surface area is 265 Å². The molecule has 1 fully saturated rings. The number of rotatable bonds is 11. The molecule has 0 saturated carbocycles. The summed E-state index contributed by atoms with van der Waals surface area (Å²) >= 11 is 0. The average Bonchev–Trinajstić information content (AvgIpc) is 3.37. The summed E-state index contributed by atoms with van der Waals surface area (Å²) in [6.45, 7) is 8.20. The smallest absolute Gasteiger partial charge is 0.407 e. The van der Waals surface area contributed by atoms with Crippen molar-refractivity contribution in [1.82, 2.24) is 19.8 Å². The van der Waals surface area contributed by atoms with Crippen molar-refractivity contribution >= 4 is 33.8 Å². The summed E-state index contributed by atoms with van der Waals surface area (Å²) in [5.74, 6) is 1.90. The molecule has 45 heavy (non-hydrogen) atoms. The SMILES string of the molecule is COCCCn1c(C2CCCN(C(=O)CC(Cc3ccc4ccccc4c3)NC(=O)OC(C)(C)C)C2)nc2ccc(OC)cc21. The maximum atomic E-state index is 13.9. The molecule has 1 aromatic heterocycles. The van der Waals surface area contributed by atoms with Gasteiger partial charge in [-0.05, 0) is 74.9 Å². The second kappa shape index (κ2) is 14.3. The maximum absolute atomic E-state index is 13.9. The summed E-state index contributed by atoms with van der Waals surface area (Å²) in [5, 5.41) is 5.28. The molecule has 2 amide bonds. The number of piperidine rings is 1. The molecule has 1 saturated heterocycles. The van der Waals surface area contributed by atoms with E-state index in [0.29, 0.717) is 26.1 Å². The predicted octanol–water partition coefficient (Wildman–Crippen LogP) is 6.47. The highest BCUT2D eigenvalue weighted by atomic mass is 16.6. The molecular weight excluding hydrogens is 568 g/mol. The number of likely N-dealkylation sites (tertiary alicyclic amines) is 1. The molecule has 0 spiro atoms. The monoisotopic (exact) mass is 614 g/mol. The van der Waals surface area contributed by atoms with Gasteiger partial charge in [0.25, 0.3) is 0 Å². The van der Waals surface area contributed by atoms with Gasteiger partial charge in [-0.1, -0.05) is 42.5 Å². The molecule has 5 rings (SSSR count). The fourth-order valence-corrected chi connectivity index (χ4v) is 6.21. The average molecular weight is 615 g/mol. The number of hydrogen-bond acceptors (Lipinski definition) is 6. The lowest BCUT2D eigenvalue weighted by Gasteiger charge is -2.34. The van der Waals surface area contributed by atoms with Crippen LogP contribution in [0.1, 0.15) is 63.8 Å². The van der Waals surface area contributed by atoms with Crippen LogP contribution in [0.15, 0.2) is 60.7 Å². The van der Waals surface area contributed by atoms with Gasteiger partial charge in [-0.2, -0.15) is 0 Å². The number of aryl methyl sites for hydroxylation is 1. The molecule has 2 heterocycles. The van der Waals surface area contributed by atoms with Crippen molar-refractivity contribution in [3.63, 3.8) is 0 Å². The van der Waals surface area contributed by atoms with Crippen molar-refractivity contribution in [3.8, 4) is 5.75 Å². The zero-order valence-electron chi connectivity index (χ0n) is 27.2. The van der Waals surface area contributed by atoms with Crippen LogP contribution in [0, 0.1) is 0 Å². The van der Waals surface area contributed by atoms with Crippen molar-refractivity contribution in [2.75, 3.05) is 33.9 Å². The molecule has 4 aromatic rings. The molecule has 9 heteroatoms. The van der Waals surface area contributed by atoms with Gasteiger partial charge in [-0.25, -0.2) is 9.78 Å². The number of carbonyl (C=O) groups is 2. The third kappa shape index (κ3) is 8.34. The molecule has 1 N–H and O–H groups in total. The van der Waals surface area contributed by atoms with Crippen molar-refractivity contribution in [1.29, 1.82) is 0 Å². The number of benzene rings is 3. The Morgan fingerprint density at radius 1 is 1.04 bits per heavy atom. The highest BCUT2D eigenvalue weighted by Gasteiger charge is 2.31. The lowest BCUT2D eigenvalue weighted by molar-refractivity contribution is -0.132. The van der Waals surface area contributed by atoms with E-state index in [1.54, 1.807) is 14.2 Å². The number of ether oxygens (including phenoxy) is 3. The van der Waals surface area contributed by atoms with E-state index in [1.165, 1.54) is 0 Å². The summed E-state index contributed by atoms with van der Waals surface area (Å²) in [6.07, 6.45) is 2.87. The van der Waals surface area contributed by atoms with Gasteiger partial charge in [0, 0.05) is 57.8 Å². The first-order valence-electron chi connectivity index (χ1n) is 15.9. The molecule has 240 valence electrons. The number of imidazole rings is 1. The van der Waals surface area contributed by atoms with E-state index in [4.69, 9.17) is 19.2 Å². The Kier molecular flexibility index (Phi) is 10.3. The van der Waals surface area contributed by atoms with Crippen LogP contribution in [-0.2, 0) is 27.2 Å². The fraction of sp³-hybridized carbons (Fsp3) is 0.472. The lowest BCUT2D eigenvalue weighted by Crippen LogP contribution is -2.46. The van der Waals surface area contributed by atoms with Gasteiger partial charge in [0.2, 0.25) is 5.91 Å². The summed E-state index contributed by atoms with van der Waals surface area (Å²) < 4.78 is 18.7. The highest BCUT2D eigenvalue weighted by molar-refractivity contribution is 5.83. The van der Waals surface area contributed by atoms with E-state index in [2.05, 4.69) is 40.2 Å². The van der Waals surface area contributed by atoms with Gasteiger partial charge < -0.3 is 29.0 Å². The molecule has 0 radical (unpaired) electrons. The minimum Gasteiger partial charge on any atom is -0.497 e. The quantitative estimate of drug-likeness (QED) is 0.195. The highest BCUT2D eigenvalue weighted by Crippen LogP contribution is 2.32. The normalized spacial score (nSPS) is 16.1. The van der Waals surface area contributed by atoms with Crippen molar-refractivity contribution < 1.29 is 23.8 Å². The van der Waals surface area contributed by atoms with E-state index in [9.17, 15) is 9.59 Å². The first-order chi connectivity index (χ1) is 21.6. The number of carbonyl (C=O) groups excluding carboxylic acids is 2. The molecule has 1 aliphatic rings. The number of alkyl carbamates (subject to hydrolysis) is 1. The molecule has 1 aliphatic heterocycles.